The van der Waals surface area contributed by atoms with Gasteiger partial charge >= 0.3 is 0 Å². The minimum Gasteiger partial charge on any atom is -0.489 e. The van der Waals surface area contributed by atoms with E-state index >= 15 is 0 Å². The minimum atomic E-state index is -0.487. The second-order valence-corrected chi connectivity index (χ2v) is 7.13. The van der Waals surface area contributed by atoms with Gasteiger partial charge in [-0.05, 0) is 36.1 Å². The number of hydrogen-bond donors (Lipinski definition) is 2. The molecule has 6 heteroatoms. The highest BCUT2D eigenvalue weighted by Crippen LogP contribution is 2.34. The van der Waals surface area contributed by atoms with Crippen LogP contribution in [0.25, 0.3) is 0 Å². The zero-order chi connectivity index (χ0) is 19.7. The van der Waals surface area contributed by atoms with E-state index in [1.54, 1.807) is 17.0 Å². The van der Waals surface area contributed by atoms with Crippen LogP contribution in [-0.4, -0.2) is 27.9 Å². The maximum atomic E-state index is 12.9. The van der Waals surface area contributed by atoms with Gasteiger partial charge in [-0.15, -0.1) is 0 Å². The van der Waals surface area contributed by atoms with Gasteiger partial charge in [-0.2, -0.15) is 0 Å². The Kier molecular flexibility index (Phi) is 4.88. The third kappa shape index (κ3) is 3.39. The Morgan fingerprint density at radius 3 is 2.75 bits per heavy atom. The molecule has 1 fully saturated rings. The lowest BCUT2D eigenvalue weighted by Gasteiger charge is -2.31. The van der Waals surface area contributed by atoms with E-state index in [4.69, 9.17) is 4.74 Å². The normalized spacial score (nSPS) is 18.8. The summed E-state index contributed by atoms with van der Waals surface area (Å²) in [5, 5.41) is 12.0. The summed E-state index contributed by atoms with van der Waals surface area (Å²) in [6.45, 7) is 4.46. The molecule has 2 aliphatic heterocycles. The van der Waals surface area contributed by atoms with Crippen LogP contribution in [0.5, 0.6) is 5.75 Å². The standard InChI is InChI=1S/C22H22N2O4/c1-14-8-9-19(21(26)23-14)24-11-18-17(22(24)27)6-3-7-20(18)28-13-16-5-2-4-15(10-16)12-25/h2-7,10,19,25H,1,8-9,11-13H2,(H,23,26). The van der Waals surface area contributed by atoms with Crippen molar-refractivity contribution >= 4 is 11.8 Å². The summed E-state index contributed by atoms with van der Waals surface area (Å²) in [5.41, 5.74) is 3.85. The first-order valence-corrected chi connectivity index (χ1v) is 9.30. The second kappa shape index (κ2) is 7.48. The highest BCUT2D eigenvalue weighted by molar-refractivity contribution is 6.02. The first-order chi connectivity index (χ1) is 13.6. The number of hydrogen-bond acceptors (Lipinski definition) is 4. The number of ether oxygens (including phenoxy) is 1. The Bertz CT molecular complexity index is 953. The Labute approximate surface area is 163 Å². The molecule has 144 valence electrons. The van der Waals surface area contributed by atoms with Gasteiger partial charge in [-0.1, -0.05) is 36.9 Å². The van der Waals surface area contributed by atoms with Crippen molar-refractivity contribution in [3.05, 3.63) is 77.0 Å². The van der Waals surface area contributed by atoms with Crippen molar-refractivity contribution in [2.24, 2.45) is 0 Å². The van der Waals surface area contributed by atoms with E-state index in [0.29, 0.717) is 43.0 Å². The summed E-state index contributed by atoms with van der Waals surface area (Å²) >= 11 is 0. The molecule has 28 heavy (non-hydrogen) atoms. The molecular weight excluding hydrogens is 356 g/mol. The van der Waals surface area contributed by atoms with E-state index in [2.05, 4.69) is 11.9 Å². The Morgan fingerprint density at radius 2 is 1.96 bits per heavy atom. The summed E-state index contributed by atoms with van der Waals surface area (Å²) in [6, 6.07) is 12.5. The lowest BCUT2D eigenvalue weighted by atomic mass is 10.0. The van der Waals surface area contributed by atoms with Gasteiger partial charge < -0.3 is 20.1 Å². The van der Waals surface area contributed by atoms with Crippen molar-refractivity contribution in [2.75, 3.05) is 0 Å². The van der Waals surface area contributed by atoms with Crippen LogP contribution in [0.4, 0.5) is 0 Å². The molecule has 0 radical (unpaired) electrons. The van der Waals surface area contributed by atoms with E-state index in [1.165, 1.54) is 0 Å². The number of piperidine rings is 1. The summed E-state index contributed by atoms with van der Waals surface area (Å²) < 4.78 is 5.99. The van der Waals surface area contributed by atoms with Gasteiger partial charge in [0.05, 0.1) is 13.2 Å². The average Bonchev–Trinajstić information content (AvgIpc) is 3.04. The van der Waals surface area contributed by atoms with E-state index in [1.807, 2.05) is 30.3 Å². The number of rotatable bonds is 5. The molecule has 0 spiro atoms. The van der Waals surface area contributed by atoms with Crippen LogP contribution in [0.15, 0.2) is 54.7 Å². The molecule has 2 aromatic rings. The molecule has 4 rings (SSSR count). The third-order valence-corrected chi connectivity index (χ3v) is 5.22. The smallest absolute Gasteiger partial charge is 0.255 e. The molecule has 1 atom stereocenters. The quantitative estimate of drug-likeness (QED) is 0.838. The lowest BCUT2D eigenvalue weighted by molar-refractivity contribution is -0.126. The van der Waals surface area contributed by atoms with Crippen LogP contribution in [-0.2, 0) is 24.6 Å². The first kappa shape index (κ1) is 18.3. The fourth-order valence-corrected chi connectivity index (χ4v) is 3.75. The summed E-state index contributed by atoms with van der Waals surface area (Å²) in [6.07, 6.45) is 1.25. The van der Waals surface area contributed by atoms with Crippen molar-refractivity contribution in [3.63, 3.8) is 0 Å². The van der Waals surface area contributed by atoms with E-state index in [0.717, 1.165) is 16.7 Å². The van der Waals surface area contributed by atoms with Gasteiger partial charge in [-0.25, -0.2) is 0 Å². The minimum absolute atomic E-state index is 0.0199. The molecule has 0 aromatic heterocycles. The Hall–Kier alpha value is -3.12. The molecule has 2 aromatic carbocycles. The van der Waals surface area contributed by atoms with Crippen LogP contribution in [0.1, 0.15) is 39.9 Å². The number of fused-ring (bicyclic) bond motifs is 1. The number of allylic oxidation sites excluding steroid dienone is 1. The van der Waals surface area contributed by atoms with E-state index in [9.17, 15) is 14.7 Å². The van der Waals surface area contributed by atoms with Crippen LogP contribution in [0.2, 0.25) is 0 Å². The van der Waals surface area contributed by atoms with Crippen LogP contribution in [0, 0.1) is 0 Å². The van der Waals surface area contributed by atoms with Gasteiger partial charge in [0.1, 0.15) is 18.4 Å². The number of aliphatic hydroxyl groups excluding tert-OH is 1. The number of amides is 2. The second-order valence-electron chi connectivity index (χ2n) is 7.13. The number of nitrogens with one attached hydrogen (secondary N) is 1. The molecule has 1 unspecified atom stereocenters. The zero-order valence-corrected chi connectivity index (χ0v) is 15.5. The Morgan fingerprint density at radius 1 is 1.18 bits per heavy atom. The first-order valence-electron chi connectivity index (χ1n) is 9.30. The van der Waals surface area contributed by atoms with Crippen LogP contribution < -0.4 is 10.1 Å². The third-order valence-electron chi connectivity index (χ3n) is 5.22. The summed E-state index contributed by atoms with van der Waals surface area (Å²) in [5.74, 6) is 0.319. The fourth-order valence-electron chi connectivity index (χ4n) is 3.75. The number of benzene rings is 2. The molecule has 2 N–H and O–H groups in total. The van der Waals surface area contributed by atoms with Crippen molar-refractivity contribution in [2.45, 2.75) is 38.6 Å². The SMILES string of the molecule is C=C1CCC(N2Cc3c(OCc4cccc(CO)c4)cccc3C2=O)C(=O)N1. The van der Waals surface area contributed by atoms with Crippen LogP contribution >= 0.6 is 0 Å². The predicted octanol–water partition coefficient (Wildman–Crippen LogP) is 2.51. The number of aliphatic hydroxyl groups is 1. The molecule has 2 amide bonds. The lowest BCUT2D eigenvalue weighted by Crippen LogP contribution is -2.49. The molecule has 0 bridgehead atoms. The van der Waals surface area contributed by atoms with Crippen molar-refractivity contribution in [3.8, 4) is 5.75 Å². The molecule has 6 nitrogen and oxygen atoms in total. The summed E-state index contributed by atoms with van der Waals surface area (Å²) in [7, 11) is 0. The number of nitrogens with zero attached hydrogens (tertiary/aromatic N) is 1. The molecule has 0 aliphatic carbocycles. The van der Waals surface area contributed by atoms with Crippen molar-refractivity contribution in [1.82, 2.24) is 10.2 Å². The van der Waals surface area contributed by atoms with Crippen molar-refractivity contribution < 1.29 is 19.4 Å². The zero-order valence-electron chi connectivity index (χ0n) is 15.5. The van der Waals surface area contributed by atoms with Gasteiger partial charge in [0.2, 0.25) is 5.91 Å². The van der Waals surface area contributed by atoms with Gasteiger partial charge in [0.25, 0.3) is 5.91 Å². The molecule has 0 saturated carbocycles. The monoisotopic (exact) mass is 378 g/mol. The van der Waals surface area contributed by atoms with Gasteiger partial charge in [0, 0.05) is 16.8 Å². The molecule has 1 saturated heterocycles. The number of carbonyl (C=O) groups is 2. The van der Waals surface area contributed by atoms with Gasteiger partial charge in [0.15, 0.2) is 0 Å². The van der Waals surface area contributed by atoms with E-state index in [-0.39, 0.29) is 18.4 Å². The summed E-state index contributed by atoms with van der Waals surface area (Å²) in [4.78, 5) is 26.8. The number of carbonyl (C=O) groups excluding carboxylic acids is 2. The molecule has 2 aliphatic rings. The molecule has 2 heterocycles. The Balaban J connectivity index is 1.52. The van der Waals surface area contributed by atoms with Crippen molar-refractivity contribution in [1.29, 1.82) is 0 Å². The highest BCUT2D eigenvalue weighted by atomic mass is 16.5. The largest absolute Gasteiger partial charge is 0.489 e. The average molecular weight is 378 g/mol. The maximum Gasteiger partial charge on any atom is 0.255 e. The predicted molar refractivity (Wildman–Crippen MR) is 103 cm³/mol. The van der Waals surface area contributed by atoms with Gasteiger partial charge in [-0.3, -0.25) is 9.59 Å². The van der Waals surface area contributed by atoms with E-state index < -0.39 is 6.04 Å². The topological polar surface area (TPSA) is 78.9 Å². The maximum absolute atomic E-state index is 12.9. The fraction of sp³-hybridized carbons (Fsp3) is 0.273. The van der Waals surface area contributed by atoms with Crippen LogP contribution in [0.3, 0.4) is 0 Å². The molecular formula is C22H22N2O4. The highest BCUT2D eigenvalue weighted by Gasteiger charge is 2.39.